The molecule has 0 saturated carbocycles. The summed E-state index contributed by atoms with van der Waals surface area (Å²) in [7, 11) is -0.117. The van der Waals surface area contributed by atoms with E-state index in [1.807, 2.05) is 13.8 Å². The molecule has 1 atom stereocenters. The minimum absolute atomic E-state index is 0.0217. The van der Waals surface area contributed by atoms with Crippen molar-refractivity contribution in [1.29, 1.82) is 0 Å². The van der Waals surface area contributed by atoms with Crippen molar-refractivity contribution in [3.63, 3.8) is 0 Å². The predicted molar refractivity (Wildman–Crippen MR) is 65.8 cm³/mol. The van der Waals surface area contributed by atoms with Crippen molar-refractivity contribution in [2.24, 2.45) is 0 Å². The largest absolute Gasteiger partial charge is 0.379 e. The van der Waals surface area contributed by atoms with Crippen LogP contribution in [0.1, 0.15) is 13.8 Å². The molecule has 0 aromatic rings. The van der Waals surface area contributed by atoms with Crippen molar-refractivity contribution >= 4 is 9.52 Å². The van der Waals surface area contributed by atoms with Crippen LogP contribution in [-0.4, -0.2) is 54.9 Å². The normalized spacial score (nSPS) is 20.1. The van der Waals surface area contributed by atoms with Gasteiger partial charge in [0.05, 0.1) is 13.2 Å². The van der Waals surface area contributed by atoms with E-state index in [1.165, 1.54) is 6.04 Å². The van der Waals surface area contributed by atoms with Gasteiger partial charge in [-0.3, -0.25) is 0 Å². The Bertz CT molecular complexity index is 158. The lowest BCUT2D eigenvalue weighted by Crippen LogP contribution is -2.19. The molecule has 1 fully saturated rings. The maximum Gasteiger partial charge on any atom is 0.154 e. The minimum atomic E-state index is -0.117. The second-order valence-corrected chi connectivity index (χ2v) is 5.86. The number of hydrogen-bond acceptors (Lipinski definition) is 4. The molecule has 1 aliphatic rings. The molecule has 0 aromatic heterocycles. The zero-order chi connectivity index (χ0) is 11.6. The maximum absolute atomic E-state index is 5.49. The summed E-state index contributed by atoms with van der Waals surface area (Å²) in [6.45, 7) is 8.00. The van der Waals surface area contributed by atoms with Crippen LogP contribution in [0.2, 0.25) is 12.1 Å². The highest BCUT2D eigenvalue weighted by Gasteiger charge is 2.21. The third kappa shape index (κ3) is 7.35. The van der Waals surface area contributed by atoms with E-state index in [4.69, 9.17) is 18.9 Å². The average Bonchev–Trinajstić information content (AvgIpc) is 3.07. The van der Waals surface area contributed by atoms with Crippen LogP contribution in [0.4, 0.5) is 0 Å². The van der Waals surface area contributed by atoms with Crippen molar-refractivity contribution in [3.8, 4) is 0 Å². The lowest BCUT2D eigenvalue weighted by atomic mass is 10.5. The molecular formula is C11H24O4Si. The molecule has 1 aliphatic heterocycles. The van der Waals surface area contributed by atoms with Crippen LogP contribution < -0.4 is 0 Å². The van der Waals surface area contributed by atoms with Crippen molar-refractivity contribution in [1.82, 2.24) is 0 Å². The fraction of sp³-hybridized carbons (Fsp3) is 1.00. The van der Waals surface area contributed by atoms with Crippen LogP contribution in [0.15, 0.2) is 0 Å². The van der Waals surface area contributed by atoms with E-state index in [-0.39, 0.29) is 15.8 Å². The molecule has 16 heavy (non-hydrogen) atoms. The molecule has 1 saturated heterocycles. The first-order valence-electron chi connectivity index (χ1n) is 6.29. The van der Waals surface area contributed by atoms with Crippen LogP contribution in [0, 0.1) is 0 Å². The van der Waals surface area contributed by atoms with Gasteiger partial charge in [-0.15, -0.1) is 0 Å². The minimum Gasteiger partial charge on any atom is -0.379 e. The van der Waals surface area contributed by atoms with Crippen LogP contribution in [0.5, 0.6) is 0 Å². The molecule has 1 unspecified atom stereocenters. The average molecular weight is 248 g/mol. The quantitative estimate of drug-likeness (QED) is 0.235. The smallest absolute Gasteiger partial charge is 0.154 e. The van der Waals surface area contributed by atoms with Crippen molar-refractivity contribution in [2.75, 3.05) is 33.0 Å². The van der Waals surface area contributed by atoms with Gasteiger partial charge in [-0.05, 0) is 25.9 Å². The highest BCUT2D eigenvalue weighted by atomic mass is 28.2. The first-order chi connectivity index (χ1) is 7.86. The van der Waals surface area contributed by atoms with E-state index in [2.05, 4.69) is 0 Å². The summed E-state index contributed by atoms with van der Waals surface area (Å²) in [5, 5.41) is 0. The molecule has 5 heteroatoms. The van der Waals surface area contributed by atoms with Crippen molar-refractivity contribution in [3.05, 3.63) is 0 Å². The summed E-state index contributed by atoms with van der Waals surface area (Å²) in [5.41, 5.74) is 0. The SMILES string of the molecule is CCOC(C[SiH2]CCOCC1CO1)OCC. The molecule has 1 heterocycles. The Hall–Kier alpha value is 0.0569. The summed E-state index contributed by atoms with van der Waals surface area (Å²) in [5.74, 6) is 0. The topological polar surface area (TPSA) is 40.2 Å². The molecule has 0 amide bonds. The van der Waals surface area contributed by atoms with E-state index < -0.39 is 0 Å². The first-order valence-corrected chi connectivity index (χ1v) is 8.29. The van der Waals surface area contributed by atoms with Crippen LogP contribution >= 0.6 is 0 Å². The van der Waals surface area contributed by atoms with Gasteiger partial charge in [0.15, 0.2) is 6.29 Å². The summed E-state index contributed by atoms with van der Waals surface area (Å²) in [6, 6.07) is 2.29. The van der Waals surface area contributed by atoms with Crippen molar-refractivity contribution < 1.29 is 18.9 Å². The van der Waals surface area contributed by atoms with E-state index in [0.717, 1.165) is 39.1 Å². The van der Waals surface area contributed by atoms with Gasteiger partial charge in [0.1, 0.15) is 6.10 Å². The molecule has 0 aliphatic carbocycles. The number of epoxide rings is 1. The Morgan fingerprint density at radius 2 is 2.00 bits per heavy atom. The fourth-order valence-electron chi connectivity index (χ4n) is 1.48. The van der Waals surface area contributed by atoms with Gasteiger partial charge < -0.3 is 18.9 Å². The van der Waals surface area contributed by atoms with E-state index in [1.54, 1.807) is 0 Å². The lowest BCUT2D eigenvalue weighted by Gasteiger charge is -2.16. The maximum atomic E-state index is 5.49. The molecule has 4 nitrogen and oxygen atoms in total. The lowest BCUT2D eigenvalue weighted by molar-refractivity contribution is -0.123. The molecule has 0 aromatic carbocycles. The van der Waals surface area contributed by atoms with Crippen LogP contribution in [-0.2, 0) is 18.9 Å². The van der Waals surface area contributed by atoms with Gasteiger partial charge in [-0.1, -0.05) is 0 Å². The number of hydrogen-bond donors (Lipinski definition) is 0. The fourth-order valence-corrected chi connectivity index (χ4v) is 2.84. The second kappa shape index (κ2) is 9.12. The molecule has 1 rings (SSSR count). The Balaban J connectivity index is 1.85. The van der Waals surface area contributed by atoms with E-state index in [0.29, 0.717) is 6.10 Å². The number of rotatable bonds is 11. The van der Waals surface area contributed by atoms with E-state index >= 15 is 0 Å². The van der Waals surface area contributed by atoms with E-state index in [9.17, 15) is 0 Å². The van der Waals surface area contributed by atoms with Gasteiger partial charge in [0, 0.05) is 29.3 Å². The third-order valence-corrected chi connectivity index (χ3v) is 4.06. The third-order valence-electron chi connectivity index (χ3n) is 2.39. The van der Waals surface area contributed by atoms with Gasteiger partial charge >= 0.3 is 0 Å². The van der Waals surface area contributed by atoms with Gasteiger partial charge in [-0.25, -0.2) is 0 Å². The molecule has 0 spiro atoms. The van der Waals surface area contributed by atoms with Gasteiger partial charge in [0.2, 0.25) is 0 Å². The summed E-state index contributed by atoms with van der Waals surface area (Å²) >= 11 is 0. The van der Waals surface area contributed by atoms with Crippen LogP contribution in [0.3, 0.4) is 0 Å². The number of ether oxygens (including phenoxy) is 4. The van der Waals surface area contributed by atoms with Gasteiger partial charge in [-0.2, -0.15) is 0 Å². The Kier molecular flexibility index (Phi) is 8.05. The van der Waals surface area contributed by atoms with Crippen LogP contribution in [0.25, 0.3) is 0 Å². The molecule has 0 bridgehead atoms. The zero-order valence-corrected chi connectivity index (χ0v) is 11.9. The summed E-state index contributed by atoms with van der Waals surface area (Å²) < 4.78 is 21.5. The second-order valence-electron chi connectivity index (χ2n) is 3.87. The highest BCUT2D eigenvalue weighted by molar-refractivity contribution is 6.35. The Labute approximate surface area is 100 Å². The Morgan fingerprint density at radius 1 is 1.31 bits per heavy atom. The standard InChI is InChI=1S/C11H24O4Si/c1-3-13-11(14-4-2)9-16-6-5-12-7-10-8-15-10/h10-11H,3-9,16H2,1-2H3. The Morgan fingerprint density at radius 3 is 2.56 bits per heavy atom. The molecule has 96 valence electrons. The zero-order valence-electron chi connectivity index (χ0n) is 10.4. The molecule has 0 N–H and O–H groups in total. The summed E-state index contributed by atoms with van der Waals surface area (Å²) in [4.78, 5) is 0. The summed E-state index contributed by atoms with van der Waals surface area (Å²) in [6.07, 6.45) is 0.412. The van der Waals surface area contributed by atoms with Crippen molar-refractivity contribution in [2.45, 2.75) is 38.3 Å². The molecule has 0 radical (unpaired) electrons. The molecular weight excluding hydrogens is 224 g/mol. The monoisotopic (exact) mass is 248 g/mol. The predicted octanol–water partition coefficient (Wildman–Crippen LogP) is 0.806. The van der Waals surface area contributed by atoms with Gasteiger partial charge in [0.25, 0.3) is 0 Å². The first kappa shape index (κ1) is 14.1. The highest BCUT2D eigenvalue weighted by Crippen LogP contribution is 2.08.